The summed E-state index contributed by atoms with van der Waals surface area (Å²) in [7, 11) is 0. The second-order valence-electron chi connectivity index (χ2n) is 1.16. The van der Waals surface area contributed by atoms with Crippen LogP contribution in [0.15, 0.2) is 11.2 Å². The molecule has 1 aromatic heterocycles. The average molecular weight is 147 g/mol. The molecule has 0 aliphatic carbocycles. The zero-order valence-corrected chi connectivity index (χ0v) is 5.99. The van der Waals surface area contributed by atoms with E-state index in [2.05, 4.69) is 22.9 Å². The van der Waals surface area contributed by atoms with E-state index in [1.165, 1.54) is 11.9 Å². The minimum absolute atomic E-state index is 0.652. The van der Waals surface area contributed by atoms with Gasteiger partial charge in [-0.1, -0.05) is 5.21 Å². The Bertz CT molecular complexity index is 173. The lowest BCUT2D eigenvalue weighted by Crippen LogP contribution is -1.83. The normalized spacial score (nSPS) is 9.75. The summed E-state index contributed by atoms with van der Waals surface area (Å²) in [5.41, 5.74) is 0. The number of thiol groups is 1. The van der Waals surface area contributed by atoms with E-state index in [4.69, 9.17) is 0 Å². The van der Waals surface area contributed by atoms with Gasteiger partial charge in [-0.25, -0.2) is 0 Å². The molecule has 0 amide bonds. The Morgan fingerprint density at radius 3 is 2.88 bits per heavy atom. The SMILES string of the molecule is CSn1cc(S)nn1. The Balaban J connectivity index is 2.84. The highest BCUT2D eigenvalue weighted by Crippen LogP contribution is 2.02. The van der Waals surface area contributed by atoms with Crippen molar-refractivity contribution in [1.29, 1.82) is 0 Å². The van der Waals surface area contributed by atoms with Gasteiger partial charge in [0.1, 0.15) is 5.03 Å². The van der Waals surface area contributed by atoms with E-state index in [1.807, 2.05) is 6.26 Å². The van der Waals surface area contributed by atoms with Gasteiger partial charge < -0.3 is 0 Å². The minimum atomic E-state index is 0.652. The van der Waals surface area contributed by atoms with Crippen LogP contribution in [0.3, 0.4) is 0 Å². The summed E-state index contributed by atoms with van der Waals surface area (Å²) < 4.78 is 1.64. The van der Waals surface area contributed by atoms with Crippen LogP contribution in [0.4, 0.5) is 0 Å². The van der Waals surface area contributed by atoms with Crippen LogP contribution < -0.4 is 0 Å². The molecule has 3 nitrogen and oxygen atoms in total. The largest absolute Gasteiger partial charge is 0.193 e. The minimum Gasteiger partial charge on any atom is -0.193 e. The fraction of sp³-hybridized carbons (Fsp3) is 0.333. The van der Waals surface area contributed by atoms with Gasteiger partial charge in [0.05, 0.1) is 6.20 Å². The van der Waals surface area contributed by atoms with E-state index < -0.39 is 0 Å². The first-order valence-corrected chi connectivity index (χ1v) is 3.61. The van der Waals surface area contributed by atoms with Crippen molar-refractivity contribution in [3.8, 4) is 0 Å². The molecule has 0 saturated heterocycles. The molecular weight excluding hydrogens is 142 g/mol. The van der Waals surface area contributed by atoms with Crippen LogP contribution in [0.2, 0.25) is 0 Å². The van der Waals surface area contributed by atoms with Crippen molar-refractivity contribution < 1.29 is 0 Å². The van der Waals surface area contributed by atoms with E-state index in [0.717, 1.165) is 0 Å². The molecule has 0 atom stereocenters. The van der Waals surface area contributed by atoms with Gasteiger partial charge in [-0.05, 0) is 11.9 Å². The lowest BCUT2D eigenvalue weighted by atomic mass is 11.0. The van der Waals surface area contributed by atoms with E-state index >= 15 is 0 Å². The zero-order valence-electron chi connectivity index (χ0n) is 4.27. The molecular formula is C3H5N3S2. The van der Waals surface area contributed by atoms with Crippen LogP contribution in [-0.4, -0.2) is 20.7 Å². The highest BCUT2D eigenvalue weighted by Gasteiger charge is 1.89. The van der Waals surface area contributed by atoms with Crippen molar-refractivity contribution in [2.45, 2.75) is 5.03 Å². The van der Waals surface area contributed by atoms with Gasteiger partial charge >= 0.3 is 0 Å². The number of aromatic nitrogens is 3. The third-order valence-electron chi connectivity index (χ3n) is 0.648. The second-order valence-corrected chi connectivity index (χ2v) is 2.36. The number of nitrogens with zero attached hydrogens (tertiary/aromatic N) is 3. The summed E-state index contributed by atoms with van der Waals surface area (Å²) in [4.78, 5) is 0. The first kappa shape index (κ1) is 5.97. The van der Waals surface area contributed by atoms with Crippen LogP contribution in [0, 0.1) is 0 Å². The van der Waals surface area contributed by atoms with E-state index in [-0.39, 0.29) is 0 Å². The van der Waals surface area contributed by atoms with Gasteiger partial charge in [-0.15, -0.1) is 17.7 Å². The summed E-state index contributed by atoms with van der Waals surface area (Å²) in [6.45, 7) is 0. The van der Waals surface area contributed by atoms with Gasteiger partial charge in [0.15, 0.2) is 0 Å². The zero-order chi connectivity index (χ0) is 5.98. The van der Waals surface area contributed by atoms with Crippen LogP contribution in [0.1, 0.15) is 0 Å². The molecule has 0 spiro atoms. The molecule has 0 bridgehead atoms. The van der Waals surface area contributed by atoms with E-state index in [0.29, 0.717) is 5.03 Å². The maximum atomic E-state index is 3.95. The molecule has 0 saturated carbocycles. The first-order valence-electron chi connectivity index (χ1n) is 1.98. The maximum absolute atomic E-state index is 3.95. The second kappa shape index (κ2) is 2.41. The highest BCUT2D eigenvalue weighted by molar-refractivity contribution is 7.97. The monoisotopic (exact) mass is 147 g/mol. The molecule has 1 rings (SSSR count). The Labute approximate surface area is 57.0 Å². The fourth-order valence-corrected chi connectivity index (χ4v) is 0.872. The third kappa shape index (κ3) is 1.16. The van der Waals surface area contributed by atoms with Gasteiger partial charge in [0.2, 0.25) is 0 Å². The summed E-state index contributed by atoms with van der Waals surface area (Å²) >= 11 is 5.44. The van der Waals surface area contributed by atoms with Gasteiger partial charge in [0, 0.05) is 6.26 Å². The molecule has 1 heterocycles. The quantitative estimate of drug-likeness (QED) is 0.593. The molecule has 1 aromatic rings. The summed E-state index contributed by atoms with van der Waals surface area (Å²) in [6.07, 6.45) is 3.66. The van der Waals surface area contributed by atoms with Crippen molar-refractivity contribution in [3.63, 3.8) is 0 Å². The Kier molecular flexibility index (Phi) is 1.80. The molecule has 0 N–H and O–H groups in total. The first-order chi connectivity index (χ1) is 3.83. The third-order valence-corrected chi connectivity index (χ3v) is 1.41. The van der Waals surface area contributed by atoms with Crippen LogP contribution in [0.5, 0.6) is 0 Å². The molecule has 0 aromatic carbocycles. The average Bonchev–Trinajstić information content (AvgIpc) is 2.14. The molecule has 0 radical (unpaired) electrons. The standard InChI is InChI=1S/C3H5N3S2/c1-8-6-2-3(7)4-5-6/h2,7H,1H3. The lowest BCUT2D eigenvalue weighted by Gasteiger charge is -1.84. The van der Waals surface area contributed by atoms with Crippen LogP contribution in [-0.2, 0) is 0 Å². The summed E-state index contributed by atoms with van der Waals surface area (Å²) in [6, 6.07) is 0. The van der Waals surface area contributed by atoms with Gasteiger partial charge in [0.25, 0.3) is 0 Å². The Hall–Kier alpha value is -0.160. The van der Waals surface area contributed by atoms with Crippen molar-refractivity contribution >= 4 is 24.6 Å². The lowest BCUT2D eigenvalue weighted by molar-refractivity contribution is 0.875. The molecule has 0 unspecified atom stereocenters. The van der Waals surface area contributed by atoms with Crippen molar-refractivity contribution in [2.75, 3.05) is 6.26 Å². The van der Waals surface area contributed by atoms with Gasteiger partial charge in [-0.2, -0.15) is 4.09 Å². The Morgan fingerprint density at radius 2 is 2.62 bits per heavy atom. The van der Waals surface area contributed by atoms with E-state index in [1.54, 1.807) is 10.3 Å². The fourth-order valence-electron chi connectivity index (χ4n) is 0.330. The highest BCUT2D eigenvalue weighted by atomic mass is 32.2. The summed E-state index contributed by atoms with van der Waals surface area (Å²) in [5, 5.41) is 7.98. The number of rotatable bonds is 1. The predicted molar refractivity (Wildman–Crippen MR) is 36.2 cm³/mol. The molecule has 5 heteroatoms. The van der Waals surface area contributed by atoms with Crippen molar-refractivity contribution in [1.82, 2.24) is 14.4 Å². The molecule has 8 heavy (non-hydrogen) atoms. The summed E-state index contributed by atoms with van der Waals surface area (Å²) in [5.74, 6) is 0. The van der Waals surface area contributed by atoms with Crippen molar-refractivity contribution in [2.24, 2.45) is 0 Å². The molecule has 0 fully saturated rings. The predicted octanol–water partition coefficient (Wildman–Crippen LogP) is 0.693. The molecule has 0 aliphatic rings. The van der Waals surface area contributed by atoms with Crippen LogP contribution >= 0.6 is 24.6 Å². The van der Waals surface area contributed by atoms with Crippen LogP contribution in [0.25, 0.3) is 0 Å². The topological polar surface area (TPSA) is 30.7 Å². The molecule has 44 valence electrons. The smallest absolute Gasteiger partial charge is 0.137 e. The number of hydrogen-bond acceptors (Lipinski definition) is 4. The molecule has 0 aliphatic heterocycles. The van der Waals surface area contributed by atoms with E-state index in [9.17, 15) is 0 Å². The number of hydrogen-bond donors (Lipinski definition) is 1. The van der Waals surface area contributed by atoms with Gasteiger partial charge in [-0.3, -0.25) is 0 Å². The Morgan fingerprint density at radius 1 is 1.88 bits per heavy atom. The van der Waals surface area contributed by atoms with Crippen molar-refractivity contribution in [3.05, 3.63) is 6.20 Å². The maximum Gasteiger partial charge on any atom is 0.137 e.